The molecule has 0 spiro atoms. The maximum atomic E-state index is 12.3. The van der Waals surface area contributed by atoms with Crippen molar-refractivity contribution in [2.75, 3.05) is 4.90 Å². The molecule has 21 heavy (non-hydrogen) atoms. The Kier molecular flexibility index (Phi) is 2.69. The average molecular weight is 284 g/mol. The molecule has 0 radical (unpaired) electrons. The van der Waals surface area contributed by atoms with Crippen molar-refractivity contribution in [3.05, 3.63) is 63.7 Å². The van der Waals surface area contributed by atoms with Gasteiger partial charge in [0.2, 0.25) is 0 Å². The van der Waals surface area contributed by atoms with E-state index in [1.54, 1.807) is 12.1 Å². The van der Waals surface area contributed by atoms with Crippen LogP contribution in [0.2, 0.25) is 0 Å². The zero-order valence-corrected chi connectivity index (χ0v) is 10.5. The van der Waals surface area contributed by atoms with E-state index in [2.05, 4.69) is 0 Å². The molecule has 7 nitrogen and oxygen atoms in total. The van der Waals surface area contributed by atoms with Gasteiger partial charge >= 0.3 is 0 Å². The van der Waals surface area contributed by atoms with Gasteiger partial charge in [-0.25, -0.2) is 4.90 Å². The monoisotopic (exact) mass is 284 g/mol. The molecule has 0 atom stereocenters. The number of para-hydroxylation sites is 1. The van der Waals surface area contributed by atoms with Crippen molar-refractivity contribution in [2.24, 2.45) is 0 Å². The van der Waals surface area contributed by atoms with E-state index >= 15 is 0 Å². The maximum absolute atomic E-state index is 12.3. The predicted octanol–water partition coefficient (Wildman–Crippen LogP) is 2.10. The minimum absolute atomic E-state index is 0.153. The van der Waals surface area contributed by atoms with Crippen molar-refractivity contribution in [2.45, 2.75) is 0 Å². The number of amides is 2. The van der Waals surface area contributed by atoms with Crippen molar-refractivity contribution >= 4 is 23.2 Å². The van der Waals surface area contributed by atoms with Crippen LogP contribution in [0.3, 0.4) is 0 Å². The summed E-state index contributed by atoms with van der Waals surface area (Å²) in [7, 11) is 0. The second-order valence-corrected chi connectivity index (χ2v) is 4.39. The van der Waals surface area contributed by atoms with Crippen LogP contribution < -0.4 is 4.90 Å². The number of phenolic OH excluding ortho intramolecular Hbond substituents is 1. The fourth-order valence-corrected chi connectivity index (χ4v) is 2.29. The first kappa shape index (κ1) is 12.8. The standard InChI is InChI=1S/C14H8N2O5/c17-11-7-3-6-10(16(20)21)12(11)15-13(18)8-4-1-2-5-9(8)14(15)19/h1-7,17H. The molecular weight excluding hydrogens is 276 g/mol. The quantitative estimate of drug-likeness (QED) is 0.517. The van der Waals surface area contributed by atoms with Gasteiger partial charge in [-0.2, -0.15) is 0 Å². The third kappa shape index (κ3) is 1.75. The largest absolute Gasteiger partial charge is 0.505 e. The molecular formula is C14H8N2O5. The zero-order valence-electron chi connectivity index (χ0n) is 10.5. The first-order valence-corrected chi connectivity index (χ1v) is 5.96. The molecule has 0 aliphatic carbocycles. The Balaban J connectivity index is 2.23. The lowest BCUT2D eigenvalue weighted by Crippen LogP contribution is -2.30. The maximum Gasteiger partial charge on any atom is 0.297 e. The second kappa shape index (κ2) is 4.41. The summed E-state index contributed by atoms with van der Waals surface area (Å²) in [6.07, 6.45) is 0. The Morgan fingerprint density at radius 3 is 2.05 bits per heavy atom. The lowest BCUT2D eigenvalue weighted by atomic mass is 10.1. The molecule has 0 aromatic heterocycles. The van der Waals surface area contributed by atoms with Gasteiger partial charge in [0.15, 0.2) is 5.69 Å². The van der Waals surface area contributed by atoms with Crippen LogP contribution in [0.1, 0.15) is 20.7 Å². The van der Waals surface area contributed by atoms with Gasteiger partial charge in [-0.15, -0.1) is 0 Å². The number of hydrogen-bond donors (Lipinski definition) is 1. The SMILES string of the molecule is O=C1c2ccccc2C(=O)N1c1c(O)cccc1[N+](=O)[O-]. The molecule has 0 saturated carbocycles. The summed E-state index contributed by atoms with van der Waals surface area (Å²) in [6.45, 7) is 0. The van der Waals surface area contributed by atoms with Crippen LogP contribution in [-0.2, 0) is 0 Å². The molecule has 1 aliphatic heterocycles. The molecule has 0 fully saturated rings. The molecule has 0 bridgehead atoms. The molecule has 104 valence electrons. The number of hydrogen-bond acceptors (Lipinski definition) is 5. The van der Waals surface area contributed by atoms with E-state index in [1.165, 1.54) is 24.3 Å². The first-order valence-electron chi connectivity index (χ1n) is 5.96. The number of benzene rings is 2. The third-order valence-corrected chi connectivity index (χ3v) is 3.21. The number of nitrogens with zero attached hydrogens (tertiary/aromatic N) is 2. The molecule has 2 aromatic carbocycles. The van der Waals surface area contributed by atoms with Gasteiger partial charge in [-0.1, -0.05) is 18.2 Å². The van der Waals surface area contributed by atoms with Crippen LogP contribution in [0.4, 0.5) is 11.4 Å². The van der Waals surface area contributed by atoms with Crippen molar-refractivity contribution in [3.8, 4) is 5.75 Å². The van der Waals surface area contributed by atoms with E-state index in [-0.39, 0.29) is 11.1 Å². The number of carbonyl (C=O) groups excluding carboxylic acids is 2. The highest BCUT2D eigenvalue weighted by Gasteiger charge is 2.41. The number of carbonyl (C=O) groups is 2. The molecule has 0 saturated heterocycles. The third-order valence-electron chi connectivity index (χ3n) is 3.21. The van der Waals surface area contributed by atoms with Crippen molar-refractivity contribution in [1.29, 1.82) is 0 Å². The van der Waals surface area contributed by atoms with Crippen LogP contribution in [0, 0.1) is 10.1 Å². The van der Waals surface area contributed by atoms with E-state index in [0.29, 0.717) is 4.90 Å². The van der Waals surface area contributed by atoms with Crippen molar-refractivity contribution in [1.82, 2.24) is 0 Å². The number of aromatic hydroxyl groups is 1. The summed E-state index contributed by atoms with van der Waals surface area (Å²) in [5, 5.41) is 20.9. The van der Waals surface area contributed by atoms with Crippen LogP contribution in [0.5, 0.6) is 5.75 Å². The summed E-state index contributed by atoms with van der Waals surface area (Å²) >= 11 is 0. The minimum Gasteiger partial charge on any atom is -0.505 e. The van der Waals surface area contributed by atoms with Crippen LogP contribution in [0.25, 0.3) is 0 Å². The highest BCUT2D eigenvalue weighted by atomic mass is 16.6. The van der Waals surface area contributed by atoms with Crippen LogP contribution in [-0.4, -0.2) is 21.8 Å². The number of nitro groups is 1. The number of nitro benzene ring substituents is 1. The van der Waals surface area contributed by atoms with Crippen LogP contribution in [0.15, 0.2) is 42.5 Å². The van der Waals surface area contributed by atoms with Gasteiger partial charge in [-0.3, -0.25) is 19.7 Å². The Morgan fingerprint density at radius 2 is 1.52 bits per heavy atom. The van der Waals surface area contributed by atoms with Crippen LogP contribution >= 0.6 is 0 Å². The summed E-state index contributed by atoms with van der Waals surface area (Å²) in [5.41, 5.74) is -0.613. The summed E-state index contributed by atoms with van der Waals surface area (Å²) in [5.74, 6) is -1.89. The van der Waals surface area contributed by atoms with Gasteiger partial charge < -0.3 is 5.11 Å². The Hall–Kier alpha value is -3.22. The highest BCUT2D eigenvalue weighted by Crippen LogP contribution is 2.40. The van der Waals surface area contributed by atoms with E-state index in [0.717, 1.165) is 6.07 Å². The molecule has 2 amide bonds. The molecule has 1 heterocycles. The number of rotatable bonds is 2. The number of imide groups is 1. The number of anilines is 1. The Bertz CT molecular complexity index is 765. The van der Waals surface area contributed by atoms with E-state index in [9.17, 15) is 24.8 Å². The van der Waals surface area contributed by atoms with Gasteiger partial charge in [0, 0.05) is 6.07 Å². The van der Waals surface area contributed by atoms with Crippen molar-refractivity contribution < 1.29 is 19.6 Å². The lowest BCUT2D eigenvalue weighted by Gasteiger charge is -2.15. The smallest absolute Gasteiger partial charge is 0.297 e. The number of fused-ring (bicyclic) bond motifs is 1. The van der Waals surface area contributed by atoms with E-state index < -0.39 is 33.9 Å². The van der Waals surface area contributed by atoms with E-state index in [4.69, 9.17) is 0 Å². The lowest BCUT2D eigenvalue weighted by molar-refractivity contribution is -0.384. The van der Waals surface area contributed by atoms with Gasteiger partial charge in [0.1, 0.15) is 5.75 Å². The predicted molar refractivity (Wildman–Crippen MR) is 72.3 cm³/mol. The topological polar surface area (TPSA) is 101 Å². The Morgan fingerprint density at radius 1 is 0.952 bits per heavy atom. The average Bonchev–Trinajstić information content (AvgIpc) is 2.72. The molecule has 3 rings (SSSR count). The summed E-state index contributed by atoms with van der Waals surface area (Å²) in [6, 6.07) is 9.68. The molecule has 1 N–H and O–H groups in total. The number of phenols is 1. The molecule has 2 aromatic rings. The van der Waals surface area contributed by atoms with E-state index in [1.807, 2.05) is 0 Å². The Labute approximate surface area is 118 Å². The fourth-order valence-electron chi connectivity index (χ4n) is 2.29. The van der Waals surface area contributed by atoms with Gasteiger partial charge in [0.25, 0.3) is 17.5 Å². The summed E-state index contributed by atoms with van der Waals surface area (Å²) in [4.78, 5) is 35.6. The van der Waals surface area contributed by atoms with Gasteiger partial charge in [0.05, 0.1) is 16.1 Å². The van der Waals surface area contributed by atoms with Crippen molar-refractivity contribution in [3.63, 3.8) is 0 Å². The fraction of sp³-hybridized carbons (Fsp3) is 0. The highest BCUT2D eigenvalue weighted by molar-refractivity contribution is 6.35. The first-order chi connectivity index (χ1) is 10.0. The molecule has 7 heteroatoms. The molecule has 1 aliphatic rings. The normalized spacial score (nSPS) is 13.4. The minimum atomic E-state index is -0.751. The summed E-state index contributed by atoms with van der Waals surface area (Å²) < 4.78 is 0. The molecule has 0 unspecified atom stereocenters. The van der Waals surface area contributed by atoms with Gasteiger partial charge in [-0.05, 0) is 18.2 Å². The zero-order chi connectivity index (χ0) is 15.1. The second-order valence-electron chi connectivity index (χ2n) is 4.39.